The highest BCUT2D eigenvalue weighted by atomic mass is 32.1. The van der Waals surface area contributed by atoms with E-state index in [0.29, 0.717) is 6.54 Å². The fraction of sp³-hybridized carbons (Fsp3) is 0.545. The average molecular weight is 242 g/mol. The second kappa shape index (κ2) is 6.62. The van der Waals surface area contributed by atoms with E-state index in [0.717, 1.165) is 6.42 Å². The van der Waals surface area contributed by atoms with Gasteiger partial charge in [-0.05, 0) is 23.4 Å². The zero-order chi connectivity index (χ0) is 12.0. The molecular weight excluding hydrogens is 224 g/mol. The van der Waals surface area contributed by atoms with E-state index in [1.807, 2.05) is 5.38 Å². The van der Waals surface area contributed by atoms with Crippen molar-refractivity contribution < 1.29 is 9.53 Å². The Bertz CT molecular complexity index is 338. The molecule has 0 radical (unpaired) electrons. The minimum Gasteiger partial charge on any atom is -0.383 e. The van der Waals surface area contributed by atoms with Gasteiger partial charge in [-0.15, -0.1) is 11.3 Å². The lowest BCUT2D eigenvalue weighted by atomic mass is 10.2. The van der Waals surface area contributed by atoms with Gasteiger partial charge in [0.2, 0.25) is 5.91 Å². The number of aryl methyl sites for hydroxylation is 1. The first-order valence-electron chi connectivity index (χ1n) is 5.26. The molecule has 1 rings (SSSR count). The molecular formula is C11H18N2O2S. The van der Waals surface area contributed by atoms with Gasteiger partial charge >= 0.3 is 0 Å². The lowest BCUT2D eigenvalue weighted by Crippen LogP contribution is -2.43. The second-order valence-corrected chi connectivity index (χ2v) is 4.50. The average Bonchev–Trinajstić information content (AvgIpc) is 2.73. The van der Waals surface area contributed by atoms with Gasteiger partial charge in [-0.2, -0.15) is 0 Å². The Labute approximate surface area is 99.8 Å². The molecule has 0 aliphatic rings. The minimum absolute atomic E-state index is 0.169. The molecule has 16 heavy (non-hydrogen) atoms. The first-order valence-corrected chi connectivity index (χ1v) is 6.14. The molecule has 1 aromatic heterocycles. The van der Waals surface area contributed by atoms with E-state index in [4.69, 9.17) is 10.5 Å². The fourth-order valence-electron chi connectivity index (χ4n) is 1.39. The van der Waals surface area contributed by atoms with Crippen molar-refractivity contribution in [2.75, 3.05) is 13.7 Å². The summed E-state index contributed by atoms with van der Waals surface area (Å²) < 4.78 is 4.82. The van der Waals surface area contributed by atoms with Crippen LogP contribution in [0.25, 0.3) is 0 Å². The fourth-order valence-corrected chi connectivity index (χ4v) is 2.31. The van der Waals surface area contributed by atoms with Gasteiger partial charge in [0.15, 0.2) is 0 Å². The van der Waals surface area contributed by atoms with Crippen LogP contribution in [0.3, 0.4) is 0 Å². The predicted molar refractivity (Wildman–Crippen MR) is 65.4 cm³/mol. The van der Waals surface area contributed by atoms with E-state index in [2.05, 4.69) is 18.3 Å². The number of nitrogens with one attached hydrogen (secondary N) is 1. The number of carbonyl (C=O) groups is 1. The monoisotopic (exact) mass is 242 g/mol. The number of hydrogen-bond acceptors (Lipinski definition) is 4. The maximum atomic E-state index is 11.5. The van der Waals surface area contributed by atoms with Gasteiger partial charge < -0.3 is 15.8 Å². The number of carbonyl (C=O) groups excluding carboxylic acids is 1. The standard InChI is InChI=1S/C11H18N2O2S/c1-3-8-4-5-16-10(8)6-13-11(14)9(12)7-15-2/h4-5,9H,3,6-7,12H2,1-2H3,(H,13,14). The summed E-state index contributed by atoms with van der Waals surface area (Å²) in [4.78, 5) is 12.7. The van der Waals surface area contributed by atoms with Crippen LogP contribution in [0, 0.1) is 0 Å². The Balaban J connectivity index is 2.42. The van der Waals surface area contributed by atoms with Crippen LogP contribution in [0.1, 0.15) is 17.4 Å². The summed E-state index contributed by atoms with van der Waals surface area (Å²) in [6.45, 7) is 2.90. The zero-order valence-corrected chi connectivity index (χ0v) is 10.5. The van der Waals surface area contributed by atoms with Crippen molar-refractivity contribution in [3.63, 3.8) is 0 Å². The summed E-state index contributed by atoms with van der Waals surface area (Å²) in [5, 5.41) is 4.85. The Morgan fingerprint density at radius 3 is 3.06 bits per heavy atom. The third-order valence-corrected chi connectivity index (χ3v) is 3.29. The molecule has 0 aliphatic carbocycles. The molecule has 0 bridgehead atoms. The van der Waals surface area contributed by atoms with Gasteiger partial charge in [0, 0.05) is 12.0 Å². The first-order chi connectivity index (χ1) is 7.69. The predicted octanol–water partition coefficient (Wildman–Crippen LogP) is 0.900. The summed E-state index contributed by atoms with van der Waals surface area (Å²) in [5.41, 5.74) is 6.89. The van der Waals surface area contributed by atoms with Gasteiger partial charge in [0.1, 0.15) is 6.04 Å². The normalized spacial score (nSPS) is 12.4. The number of rotatable bonds is 6. The molecule has 0 fully saturated rings. The Hall–Kier alpha value is -0.910. The Kier molecular flexibility index (Phi) is 5.45. The van der Waals surface area contributed by atoms with Crippen molar-refractivity contribution in [3.05, 3.63) is 21.9 Å². The molecule has 90 valence electrons. The summed E-state index contributed by atoms with van der Waals surface area (Å²) >= 11 is 1.65. The van der Waals surface area contributed by atoms with Crippen molar-refractivity contribution in [3.8, 4) is 0 Å². The van der Waals surface area contributed by atoms with E-state index < -0.39 is 6.04 Å². The smallest absolute Gasteiger partial charge is 0.239 e. The van der Waals surface area contributed by atoms with Gasteiger partial charge in [-0.25, -0.2) is 0 Å². The highest BCUT2D eigenvalue weighted by molar-refractivity contribution is 7.10. The molecule has 1 amide bonds. The third-order valence-electron chi connectivity index (χ3n) is 2.32. The van der Waals surface area contributed by atoms with Gasteiger partial charge in [-0.3, -0.25) is 4.79 Å². The molecule has 1 heterocycles. The topological polar surface area (TPSA) is 64.4 Å². The summed E-state index contributed by atoms with van der Waals surface area (Å²) in [7, 11) is 1.53. The van der Waals surface area contributed by atoms with E-state index in [9.17, 15) is 4.79 Å². The lowest BCUT2D eigenvalue weighted by Gasteiger charge is -2.11. The highest BCUT2D eigenvalue weighted by Gasteiger charge is 2.13. The molecule has 0 saturated carbocycles. The lowest BCUT2D eigenvalue weighted by molar-refractivity contribution is -0.123. The number of methoxy groups -OCH3 is 1. The van der Waals surface area contributed by atoms with Crippen LogP contribution in [-0.4, -0.2) is 25.7 Å². The van der Waals surface area contributed by atoms with Crippen LogP contribution in [0.2, 0.25) is 0 Å². The zero-order valence-electron chi connectivity index (χ0n) is 9.66. The third kappa shape index (κ3) is 3.59. The Morgan fingerprint density at radius 1 is 1.69 bits per heavy atom. The van der Waals surface area contributed by atoms with E-state index in [1.54, 1.807) is 11.3 Å². The maximum Gasteiger partial charge on any atom is 0.239 e. The molecule has 3 N–H and O–H groups in total. The van der Waals surface area contributed by atoms with E-state index >= 15 is 0 Å². The molecule has 1 atom stereocenters. The number of thiophene rings is 1. The minimum atomic E-state index is -0.588. The molecule has 1 unspecified atom stereocenters. The van der Waals surface area contributed by atoms with E-state index in [1.165, 1.54) is 17.6 Å². The van der Waals surface area contributed by atoms with Crippen molar-refractivity contribution in [1.82, 2.24) is 5.32 Å². The summed E-state index contributed by atoms with van der Waals surface area (Å²) in [6, 6.07) is 1.50. The SMILES string of the molecule is CCc1ccsc1CNC(=O)C(N)COC. The second-order valence-electron chi connectivity index (χ2n) is 3.50. The van der Waals surface area contributed by atoms with Crippen molar-refractivity contribution >= 4 is 17.2 Å². The van der Waals surface area contributed by atoms with Crippen molar-refractivity contribution in [1.29, 1.82) is 0 Å². The molecule has 1 aromatic rings. The molecule has 0 spiro atoms. The largest absolute Gasteiger partial charge is 0.383 e. The van der Waals surface area contributed by atoms with Crippen LogP contribution >= 0.6 is 11.3 Å². The number of nitrogens with two attached hydrogens (primary N) is 1. The van der Waals surface area contributed by atoms with Crippen molar-refractivity contribution in [2.24, 2.45) is 5.73 Å². The highest BCUT2D eigenvalue weighted by Crippen LogP contribution is 2.16. The quantitative estimate of drug-likeness (QED) is 0.779. The molecule has 0 aliphatic heterocycles. The first kappa shape index (κ1) is 13.2. The van der Waals surface area contributed by atoms with Crippen LogP contribution in [0.4, 0.5) is 0 Å². The maximum absolute atomic E-state index is 11.5. The molecule has 0 saturated heterocycles. The van der Waals surface area contributed by atoms with Crippen LogP contribution in [-0.2, 0) is 22.5 Å². The Morgan fingerprint density at radius 2 is 2.44 bits per heavy atom. The van der Waals surface area contributed by atoms with E-state index in [-0.39, 0.29) is 12.5 Å². The molecule has 4 nitrogen and oxygen atoms in total. The number of amides is 1. The number of hydrogen-bond donors (Lipinski definition) is 2. The summed E-state index contributed by atoms with van der Waals surface area (Å²) in [5.74, 6) is -0.169. The van der Waals surface area contributed by atoms with Gasteiger partial charge in [0.25, 0.3) is 0 Å². The number of ether oxygens (including phenoxy) is 1. The molecule has 5 heteroatoms. The van der Waals surface area contributed by atoms with Crippen LogP contribution < -0.4 is 11.1 Å². The summed E-state index contributed by atoms with van der Waals surface area (Å²) in [6.07, 6.45) is 0.985. The van der Waals surface area contributed by atoms with Gasteiger partial charge in [-0.1, -0.05) is 6.92 Å². The molecule has 0 aromatic carbocycles. The van der Waals surface area contributed by atoms with Gasteiger partial charge in [0.05, 0.1) is 13.2 Å². The van der Waals surface area contributed by atoms with Crippen LogP contribution in [0.15, 0.2) is 11.4 Å². The van der Waals surface area contributed by atoms with Crippen molar-refractivity contribution in [2.45, 2.75) is 25.9 Å². The van der Waals surface area contributed by atoms with Crippen LogP contribution in [0.5, 0.6) is 0 Å².